The molecule has 2 nitrogen and oxygen atoms in total. The average molecular weight is 361 g/mol. The predicted octanol–water partition coefficient (Wildman–Crippen LogP) is 6.56. The van der Waals surface area contributed by atoms with Crippen LogP contribution in [0.3, 0.4) is 0 Å². The molecule has 0 bridgehead atoms. The number of allylic oxidation sites excluding steroid dienone is 3. The summed E-state index contributed by atoms with van der Waals surface area (Å²) in [6, 6.07) is 19.8. The molecule has 4 rings (SSSR count). The normalized spacial score (nSPS) is 20.0. The molecule has 0 spiro atoms. The van der Waals surface area contributed by atoms with Gasteiger partial charge < -0.3 is 10.6 Å². The van der Waals surface area contributed by atoms with E-state index in [9.17, 15) is 0 Å². The van der Waals surface area contributed by atoms with Gasteiger partial charge in [-0.3, -0.25) is 0 Å². The summed E-state index contributed by atoms with van der Waals surface area (Å²) < 4.78 is 0. The van der Waals surface area contributed by atoms with Crippen LogP contribution in [0.25, 0.3) is 5.57 Å². The van der Waals surface area contributed by atoms with Crippen molar-refractivity contribution in [3.05, 3.63) is 83.1 Å². The van der Waals surface area contributed by atoms with Crippen LogP contribution in [0.5, 0.6) is 0 Å². The van der Waals surface area contributed by atoms with Crippen molar-refractivity contribution in [2.75, 3.05) is 12.4 Å². The molecule has 2 heteroatoms. The van der Waals surface area contributed by atoms with Crippen molar-refractivity contribution in [2.45, 2.75) is 46.6 Å². The van der Waals surface area contributed by atoms with Gasteiger partial charge in [0.1, 0.15) is 0 Å². The number of hydrogen-bond donors (Lipinski definition) is 2. The van der Waals surface area contributed by atoms with Crippen LogP contribution in [0.4, 0.5) is 5.69 Å². The summed E-state index contributed by atoms with van der Waals surface area (Å²) in [7, 11) is 2.00. The summed E-state index contributed by atoms with van der Waals surface area (Å²) in [5, 5.41) is 7.24. The standard InChI is InChI=1S/C23H26N2.C2H6/c1-23(2)19-14-9-13-18(17-12-7-8-15-20(17)24-3)21(19)25-22(23)16-10-5-4-6-11-16;1-2/h4-8,10-12,14-15,22,24-25H,9,13H2,1-3H3;1-2H3. The van der Waals surface area contributed by atoms with Gasteiger partial charge in [0.2, 0.25) is 0 Å². The second-order valence-corrected chi connectivity index (χ2v) is 7.52. The minimum absolute atomic E-state index is 0.0803. The van der Waals surface area contributed by atoms with E-state index in [0.29, 0.717) is 6.04 Å². The number of hydrogen-bond acceptors (Lipinski definition) is 2. The summed E-state index contributed by atoms with van der Waals surface area (Å²) in [5.74, 6) is 0. The molecule has 1 aliphatic heterocycles. The van der Waals surface area contributed by atoms with Crippen molar-refractivity contribution in [2.24, 2.45) is 5.41 Å². The second-order valence-electron chi connectivity index (χ2n) is 7.52. The van der Waals surface area contributed by atoms with Gasteiger partial charge in [-0.05, 0) is 35.6 Å². The van der Waals surface area contributed by atoms with Crippen LogP contribution in [-0.2, 0) is 0 Å². The summed E-state index contributed by atoms with van der Waals surface area (Å²) in [6.45, 7) is 8.73. The molecule has 1 atom stereocenters. The third-order valence-corrected chi connectivity index (χ3v) is 5.67. The van der Waals surface area contributed by atoms with Crippen LogP contribution < -0.4 is 10.6 Å². The van der Waals surface area contributed by atoms with E-state index in [4.69, 9.17) is 0 Å². The van der Waals surface area contributed by atoms with Crippen LogP contribution in [0.1, 0.15) is 57.7 Å². The van der Waals surface area contributed by atoms with Gasteiger partial charge in [0.05, 0.1) is 6.04 Å². The van der Waals surface area contributed by atoms with E-state index in [-0.39, 0.29) is 5.41 Å². The highest BCUT2D eigenvalue weighted by Gasteiger charge is 2.44. The fourth-order valence-corrected chi connectivity index (χ4v) is 4.36. The summed E-state index contributed by atoms with van der Waals surface area (Å²) in [5.41, 5.74) is 8.21. The first-order valence-electron chi connectivity index (χ1n) is 10.2. The minimum Gasteiger partial charge on any atom is -0.388 e. The van der Waals surface area contributed by atoms with Gasteiger partial charge in [-0.2, -0.15) is 0 Å². The summed E-state index contributed by atoms with van der Waals surface area (Å²) >= 11 is 0. The fourth-order valence-electron chi connectivity index (χ4n) is 4.36. The lowest BCUT2D eigenvalue weighted by Crippen LogP contribution is -2.23. The highest BCUT2D eigenvalue weighted by molar-refractivity contribution is 5.82. The zero-order valence-corrected chi connectivity index (χ0v) is 17.3. The van der Waals surface area contributed by atoms with E-state index in [1.165, 1.54) is 33.7 Å². The number of anilines is 1. The molecule has 2 N–H and O–H groups in total. The summed E-state index contributed by atoms with van der Waals surface area (Å²) in [6.07, 6.45) is 4.64. The Labute approximate surface area is 164 Å². The molecule has 2 aromatic carbocycles. The topological polar surface area (TPSA) is 24.1 Å². The molecule has 0 aromatic heterocycles. The first-order chi connectivity index (χ1) is 13.1. The molecule has 2 aliphatic rings. The molecular weight excluding hydrogens is 328 g/mol. The van der Waals surface area contributed by atoms with Crippen molar-refractivity contribution in [3.63, 3.8) is 0 Å². The highest BCUT2D eigenvalue weighted by Crippen LogP contribution is 2.53. The van der Waals surface area contributed by atoms with Crippen molar-refractivity contribution >= 4 is 11.3 Å². The van der Waals surface area contributed by atoms with Gasteiger partial charge in [-0.15, -0.1) is 0 Å². The fraction of sp³-hybridized carbons (Fsp3) is 0.360. The zero-order chi connectivity index (χ0) is 19.4. The van der Waals surface area contributed by atoms with E-state index in [1.54, 1.807) is 0 Å². The number of fused-ring (bicyclic) bond motifs is 1. The smallest absolute Gasteiger partial charge is 0.0606 e. The molecule has 0 radical (unpaired) electrons. The predicted molar refractivity (Wildman–Crippen MR) is 118 cm³/mol. The molecule has 1 unspecified atom stereocenters. The Morgan fingerprint density at radius 3 is 2.33 bits per heavy atom. The minimum atomic E-state index is 0.0803. The van der Waals surface area contributed by atoms with Gasteiger partial charge in [-0.25, -0.2) is 0 Å². The molecule has 2 aromatic rings. The highest BCUT2D eigenvalue weighted by atomic mass is 15.0. The maximum atomic E-state index is 3.88. The third kappa shape index (κ3) is 3.41. The largest absolute Gasteiger partial charge is 0.388 e. The lowest BCUT2D eigenvalue weighted by molar-refractivity contribution is 0.371. The lowest BCUT2D eigenvalue weighted by atomic mass is 9.75. The second kappa shape index (κ2) is 8.04. The molecule has 1 saturated heterocycles. The number of para-hydroxylation sites is 1. The Bertz CT molecular complexity index is 844. The first kappa shape index (κ1) is 19.3. The van der Waals surface area contributed by atoms with Crippen molar-refractivity contribution in [3.8, 4) is 0 Å². The van der Waals surface area contributed by atoms with Gasteiger partial charge in [-0.1, -0.05) is 82.3 Å². The number of rotatable bonds is 3. The van der Waals surface area contributed by atoms with Gasteiger partial charge in [0.15, 0.2) is 0 Å². The summed E-state index contributed by atoms with van der Waals surface area (Å²) in [4.78, 5) is 0. The number of nitrogens with one attached hydrogen (secondary N) is 2. The Morgan fingerprint density at radius 2 is 1.63 bits per heavy atom. The maximum Gasteiger partial charge on any atom is 0.0606 e. The Balaban J connectivity index is 0.00000102. The lowest BCUT2D eigenvalue weighted by Gasteiger charge is -2.28. The van der Waals surface area contributed by atoms with E-state index >= 15 is 0 Å². The molecular formula is C25H32N2. The van der Waals surface area contributed by atoms with Crippen LogP contribution >= 0.6 is 0 Å². The Morgan fingerprint density at radius 1 is 0.963 bits per heavy atom. The van der Waals surface area contributed by atoms with E-state index in [0.717, 1.165) is 12.8 Å². The van der Waals surface area contributed by atoms with E-state index in [2.05, 4.69) is 85.2 Å². The Hall–Kier alpha value is -2.48. The molecule has 1 fully saturated rings. The van der Waals surface area contributed by atoms with Crippen molar-refractivity contribution < 1.29 is 0 Å². The van der Waals surface area contributed by atoms with Crippen LogP contribution in [-0.4, -0.2) is 7.05 Å². The van der Waals surface area contributed by atoms with Crippen LogP contribution in [0, 0.1) is 5.41 Å². The monoisotopic (exact) mass is 360 g/mol. The van der Waals surface area contributed by atoms with Crippen LogP contribution in [0.15, 0.2) is 71.9 Å². The van der Waals surface area contributed by atoms with Crippen molar-refractivity contribution in [1.29, 1.82) is 0 Å². The van der Waals surface area contributed by atoms with Gasteiger partial charge in [0.25, 0.3) is 0 Å². The molecule has 27 heavy (non-hydrogen) atoms. The van der Waals surface area contributed by atoms with Crippen LogP contribution in [0.2, 0.25) is 0 Å². The third-order valence-electron chi connectivity index (χ3n) is 5.67. The SMILES string of the molecule is CC.CNc1ccccc1C1=C2NC(c3ccccc3)C(C)(C)C2=CCC1. The van der Waals surface area contributed by atoms with Crippen molar-refractivity contribution in [1.82, 2.24) is 5.32 Å². The quantitative estimate of drug-likeness (QED) is 0.648. The number of benzene rings is 2. The maximum absolute atomic E-state index is 3.88. The molecule has 0 saturated carbocycles. The van der Waals surface area contributed by atoms with Gasteiger partial charge in [0, 0.05) is 29.4 Å². The average Bonchev–Trinajstić information content (AvgIpc) is 3.01. The Kier molecular flexibility index (Phi) is 5.74. The molecule has 142 valence electrons. The molecule has 1 heterocycles. The first-order valence-corrected chi connectivity index (χ1v) is 10.2. The zero-order valence-electron chi connectivity index (χ0n) is 17.3. The molecule has 1 aliphatic carbocycles. The van der Waals surface area contributed by atoms with E-state index in [1.807, 2.05) is 20.9 Å². The van der Waals surface area contributed by atoms with E-state index < -0.39 is 0 Å². The van der Waals surface area contributed by atoms with Gasteiger partial charge >= 0.3 is 0 Å². The molecule has 0 amide bonds.